The maximum absolute atomic E-state index is 5.86. The molecule has 1 saturated carbocycles. The fraction of sp³-hybridized carbons (Fsp3) is 0.412. The van der Waals surface area contributed by atoms with Crippen molar-refractivity contribution in [3.63, 3.8) is 0 Å². The van der Waals surface area contributed by atoms with Gasteiger partial charge in [0.2, 0.25) is 0 Å². The Kier molecular flexibility index (Phi) is 4.91. The third kappa shape index (κ3) is 4.56. The zero-order chi connectivity index (χ0) is 14.5. The summed E-state index contributed by atoms with van der Waals surface area (Å²) >= 11 is 1.82. The van der Waals surface area contributed by atoms with Crippen LogP contribution < -0.4 is 10.1 Å². The molecule has 112 valence electrons. The van der Waals surface area contributed by atoms with E-state index in [-0.39, 0.29) is 0 Å². The van der Waals surface area contributed by atoms with Crippen molar-refractivity contribution < 1.29 is 9.47 Å². The van der Waals surface area contributed by atoms with Gasteiger partial charge in [0.05, 0.1) is 6.61 Å². The fourth-order valence-electron chi connectivity index (χ4n) is 2.17. The Labute approximate surface area is 129 Å². The van der Waals surface area contributed by atoms with Gasteiger partial charge in [-0.25, -0.2) is 0 Å². The smallest absolute Gasteiger partial charge is 0.122 e. The van der Waals surface area contributed by atoms with Crippen LogP contribution in [0, 0.1) is 0 Å². The van der Waals surface area contributed by atoms with E-state index in [2.05, 4.69) is 17.4 Å². The molecule has 0 radical (unpaired) electrons. The normalized spacial score (nSPS) is 14.3. The summed E-state index contributed by atoms with van der Waals surface area (Å²) in [7, 11) is 1.70. The van der Waals surface area contributed by atoms with Crippen LogP contribution in [-0.4, -0.2) is 13.2 Å². The highest BCUT2D eigenvalue weighted by Crippen LogP contribution is 2.23. The first kappa shape index (κ1) is 14.6. The van der Waals surface area contributed by atoms with Gasteiger partial charge in [-0.05, 0) is 42.7 Å². The van der Waals surface area contributed by atoms with Crippen LogP contribution in [0.5, 0.6) is 5.75 Å². The molecular formula is C17H21NO2S. The highest BCUT2D eigenvalue weighted by molar-refractivity contribution is 7.11. The second kappa shape index (κ2) is 7.07. The molecule has 0 atom stereocenters. The van der Waals surface area contributed by atoms with E-state index < -0.39 is 0 Å². The van der Waals surface area contributed by atoms with Crippen molar-refractivity contribution in [3.8, 4) is 5.75 Å². The summed E-state index contributed by atoms with van der Waals surface area (Å²) < 4.78 is 11.0. The Morgan fingerprint density at radius 2 is 2.00 bits per heavy atom. The zero-order valence-corrected chi connectivity index (χ0v) is 13.1. The molecule has 0 spiro atoms. The van der Waals surface area contributed by atoms with Crippen molar-refractivity contribution in [2.45, 2.75) is 38.6 Å². The number of nitrogens with one attached hydrogen (secondary N) is 1. The monoisotopic (exact) mass is 303 g/mol. The van der Waals surface area contributed by atoms with Crippen LogP contribution in [0.15, 0.2) is 36.4 Å². The highest BCUT2D eigenvalue weighted by atomic mass is 32.1. The van der Waals surface area contributed by atoms with E-state index in [4.69, 9.17) is 9.47 Å². The van der Waals surface area contributed by atoms with E-state index in [9.17, 15) is 0 Å². The molecule has 0 amide bonds. The topological polar surface area (TPSA) is 30.5 Å². The SMILES string of the molecule is COCc1cccc(OCc2ccc(CNC3CC3)s2)c1. The molecule has 4 heteroatoms. The highest BCUT2D eigenvalue weighted by Gasteiger charge is 2.20. The molecule has 1 heterocycles. The Balaban J connectivity index is 1.50. The van der Waals surface area contributed by atoms with Crippen LogP contribution in [0.1, 0.15) is 28.2 Å². The van der Waals surface area contributed by atoms with Gasteiger partial charge in [-0.3, -0.25) is 0 Å². The molecule has 1 aliphatic carbocycles. The largest absolute Gasteiger partial charge is 0.488 e. The third-order valence-electron chi connectivity index (χ3n) is 3.45. The second-order valence-electron chi connectivity index (χ2n) is 5.39. The molecule has 21 heavy (non-hydrogen) atoms. The van der Waals surface area contributed by atoms with Gasteiger partial charge >= 0.3 is 0 Å². The standard InChI is InChI=1S/C17H21NO2S/c1-19-11-13-3-2-4-15(9-13)20-12-17-8-7-16(21-17)10-18-14-5-6-14/h2-4,7-9,14,18H,5-6,10-12H2,1H3. The molecule has 3 rings (SSSR count). The summed E-state index contributed by atoms with van der Waals surface area (Å²) in [6.07, 6.45) is 2.66. The summed E-state index contributed by atoms with van der Waals surface area (Å²) in [6.45, 7) is 2.23. The minimum absolute atomic E-state index is 0.618. The second-order valence-corrected chi connectivity index (χ2v) is 6.65. The molecule has 1 aromatic carbocycles. The summed E-state index contributed by atoms with van der Waals surface area (Å²) in [4.78, 5) is 2.65. The lowest BCUT2D eigenvalue weighted by Crippen LogP contribution is -2.14. The Morgan fingerprint density at radius 1 is 1.14 bits per heavy atom. The molecule has 1 aliphatic rings. The summed E-state index contributed by atoms with van der Waals surface area (Å²) in [6, 6.07) is 13.2. The molecule has 1 N–H and O–H groups in total. The number of rotatable bonds is 8. The van der Waals surface area contributed by atoms with Crippen LogP contribution >= 0.6 is 11.3 Å². The van der Waals surface area contributed by atoms with E-state index in [0.29, 0.717) is 13.2 Å². The van der Waals surface area contributed by atoms with E-state index in [1.807, 2.05) is 35.6 Å². The molecular weight excluding hydrogens is 282 g/mol. The lowest BCUT2D eigenvalue weighted by molar-refractivity contribution is 0.184. The van der Waals surface area contributed by atoms with Crippen molar-refractivity contribution in [3.05, 3.63) is 51.7 Å². The Hall–Kier alpha value is -1.36. The van der Waals surface area contributed by atoms with Gasteiger partial charge in [-0.15, -0.1) is 11.3 Å². The summed E-state index contributed by atoms with van der Waals surface area (Å²) in [5.41, 5.74) is 1.13. The van der Waals surface area contributed by atoms with Crippen LogP contribution in [0.25, 0.3) is 0 Å². The first-order valence-corrected chi connectivity index (χ1v) is 8.17. The van der Waals surface area contributed by atoms with Gasteiger partial charge in [0.25, 0.3) is 0 Å². The minimum atomic E-state index is 0.618. The number of ether oxygens (including phenoxy) is 2. The van der Waals surface area contributed by atoms with Crippen molar-refractivity contribution >= 4 is 11.3 Å². The van der Waals surface area contributed by atoms with Crippen molar-refractivity contribution in [2.24, 2.45) is 0 Å². The number of hydrogen-bond donors (Lipinski definition) is 1. The average molecular weight is 303 g/mol. The summed E-state index contributed by atoms with van der Waals surface area (Å²) in [5.74, 6) is 0.899. The third-order valence-corrected chi connectivity index (χ3v) is 4.51. The van der Waals surface area contributed by atoms with Gasteiger partial charge in [0.15, 0.2) is 0 Å². The number of benzene rings is 1. The van der Waals surface area contributed by atoms with Crippen molar-refractivity contribution in [1.29, 1.82) is 0 Å². The van der Waals surface area contributed by atoms with Gasteiger partial charge in [-0.2, -0.15) is 0 Å². The molecule has 2 aromatic rings. The quantitative estimate of drug-likeness (QED) is 0.806. The van der Waals surface area contributed by atoms with Gasteiger partial charge < -0.3 is 14.8 Å². The van der Waals surface area contributed by atoms with E-state index >= 15 is 0 Å². The Bertz CT molecular complexity index is 578. The minimum Gasteiger partial charge on any atom is -0.488 e. The van der Waals surface area contributed by atoms with E-state index in [0.717, 1.165) is 23.9 Å². The van der Waals surface area contributed by atoms with Crippen molar-refractivity contribution in [1.82, 2.24) is 5.32 Å². The lowest BCUT2D eigenvalue weighted by atomic mass is 10.2. The number of methoxy groups -OCH3 is 1. The van der Waals surface area contributed by atoms with E-state index in [1.165, 1.54) is 22.6 Å². The van der Waals surface area contributed by atoms with Crippen LogP contribution in [0.2, 0.25) is 0 Å². The molecule has 1 aromatic heterocycles. The van der Waals surface area contributed by atoms with Gasteiger partial charge in [0.1, 0.15) is 12.4 Å². The van der Waals surface area contributed by atoms with Crippen LogP contribution in [0.4, 0.5) is 0 Å². The molecule has 0 bridgehead atoms. The maximum Gasteiger partial charge on any atom is 0.122 e. The molecule has 1 fully saturated rings. The molecule has 0 saturated heterocycles. The van der Waals surface area contributed by atoms with E-state index in [1.54, 1.807) is 7.11 Å². The first-order valence-electron chi connectivity index (χ1n) is 7.35. The summed E-state index contributed by atoms with van der Waals surface area (Å²) in [5, 5.41) is 3.54. The van der Waals surface area contributed by atoms with Crippen molar-refractivity contribution in [2.75, 3.05) is 7.11 Å². The number of thiophene rings is 1. The lowest BCUT2D eigenvalue weighted by Gasteiger charge is -2.06. The molecule has 0 aliphatic heterocycles. The molecule has 3 nitrogen and oxygen atoms in total. The van der Waals surface area contributed by atoms with Crippen LogP contribution in [-0.2, 0) is 24.5 Å². The zero-order valence-electron chi connectivity index (χ0n) is 12.3. The predicted molar refractivity (Wildman–Crippen MR) is 85.7 cm³/mol. The first-order chi connectivity index (χ1) is 10.3. The van der Waals surface area contributed by atoms with Gasteiger partial charge in [0, 0.05) is 29.5 Å². The average Bonchev–Trinajstić information content (AvgIpc) is 3.22. The van der Waals surface area contributed by atoms with Crippen LogP contribution in [0.3, 0.4) is 0 Å². The Morgan fingerprint density at radius 3 is 2.81 bits per heavy atom. The fourth-order valence-corrected chi connectivity index (χ4v) is 3.06. The number of hydrogen-bond acceptors (Lipinski definition) is 4. The maximum atomic E-state index is 5.86. The molecule has 0 unspecified atom stereocenters. The van der Waals surface area contributed by atoms with Gasteiger partial charge in [-0.1, -0.05) is 12.1 Å². The predicted octanol–water partition coefficient (Wildman–Crippen LogP) is 3.73.